The molecule has 6 N–H and O–H groups in total. The summed E-state index contributed by atoms with van der Waals surface area (Å²) >= 11 is 0. The minimum atomic E-state index is -1.16. The predicted molar refractivity (Wildman–Crippen MR) is 107 cm³/mol. The number of nitrogens with one attached hydrogen (secondary N) is 2. The first-order chi connectivity index (χ1) is 14.1. The summed E-state index contributed by atoms with van der Waals surface area (Å²) < 4.78 is 0. The molecule has 1 aromatic rings. The van der Waals surface area contributed by atoms with Gasteiger partial charge in [0, 0.05) is 6.54 Å². The number of likely N-dealkylation sites (tertiary alicyclic amines) is 1. The fraction of sp³-hybridized carbons (Fsp3) is 0.500. The number of carbonyl (C=O) groups is 4. The Morgan fingerprint density at radius 1 is 1.13 bits per heavy atom. The number of phenolic OH excluding ortho intramolecular Hbond substituents is 1. The molecule has 1 aromatic carbocycles. The lowest BCUT2D eigenvalue weighted by molar-refractivity contribution is -0.144. The number of hydrogen-bond donors (Lipinski definition) is 5. The summed E-state index contributed by atoms with van der Waals surface area (Å²) in [6.45, 7) is 3.21. The molecule has 0 aromatic heterocycles. The van der Waals surface area contributed by atoms with Gasteiger partial charge in [-0.25, -0.2) is 0 Å². The zero-order valence-electron chi connectivity index (χ0n) is 17.0. The molecule has 0 saturated carbocycles. The average molecular weight is 420 g/mol. The van der Waals surface area contributed by atoms with Crippen LogP contribution in [-0.4, -0.2) is 69.5 Å². The van der Waals surface area contributed by atoms with E-state index in [0.29, 0.717) is 19.4 Å². The van der Waals surface area contributed by atoms with E-state index in [1.54, 1.807) is 12.1 Å². The second-order valence-corrected chi connectivity index (χ2v) is 7.47. The highest BCUT2D eigenvalue weighted by molar-refractivity contribution is 5.94. The van der Waals surface area contributed by atoms with Crippen LogP contribution in [0.2, 0.25) is 0 Å². The Labute approximate surface area is 174 Å². The minimum Gasteiger partial charge on any atom is -0.508 e. The molecule has 0 spiro atoms. The highest BCUT2D eigenvalue weighted by Gasteiger charge is 2.37. The third-order valence-electron chi connectivity index (χ3n) is 5.03. The Morgan fingerprint density at radius 3 is 2.37 bits per heavy atom. The zero-order valence-corrected chi connectivity index (χ0v) is 17.0. The summed E-state index contributed by atoms with van der Waals surface area (Å²) in [6, 6.07) is 2.68. The zero-order chi connectivity index (χ0) is 22.4. The van der Waals surface area contributed by atoms with Crippen molar-refractivity contribution >= 4 is 23.7 Å². The smallest absolute Gasteiger partial charge is 0.325 e. The molecule has 164 valence electrons. The van der Waals surface area contributed by atoms with Gasteiger partial charge in [-0.15, -0.1) is 0 Å². The maximum absolute atomic E-state index is 12.8. The number of hydrogen-bond acceptors (Lipinski definition) is 6. The van der Waals surface area contributed by atoms with E-state index in [-0.39, 0.29) is 12.2 Å². The van der Waals surface area contributed by atoms with Gasteiger partial charge in [0.2, 0.25) is 17.7 Å². The van der Waals surface area contributed by atoms with Crippen molar-refractivity contribution in [2.24, 2.45) is 5.73 Å². The quantitative estimate of drug-likeness (QED) is 0.373. The van der Waals surface area contributed by atoms with Crippen LogP contribution >= 0.6 is 0 Å². The molecule has 1 aliphatic rings. The Hall–Kier alpha value is -3.14. The van der Waals surface area contributed by atoms with Crippen molar-refractivity contribution in [3.8, 4) is 5.75 Å². The van der Waals surface area contributed by atoms with Crippen molar-refractivity contribution in [1.82, 2.24) is 15.5 Å². The van der Waals surface area contributed by atoms with Crippen LogP contribution < -0.4 is 16.4 Å². The van der Waals surface area contributed by atoms with Crippen molar-refractivity contribution in [3.63, 3.8) is 0 Å². The van der Waals surface area contributed by atoms with Gasteiger partial charge in [-0.05, 0) is 50.8 Å². The van der Waals surface area contributed by atoms with Crippen molar-refractivity contribution < 1.29 is 29.4 Å². The summed E-state index contributed by atoms with van der Waals surface area (Å²) in [5, 5.41) is 23.2. The van der Waals surface area contributed by atoms with E-state index in [1.807, 2.05) is 0 Å². The molecule has 1 saturated heterocycles. The SMILES string of the molecule is CC(NC(=O)C1CCCN1C(=O)C(C)NC(=O)C(N)Cc1ccc(O)cc1)C(=O)O. The highest BCUT2D eigenvalue weighted by atomic mass is 16.4. The number of phenols is 1. The van der Waals surface area contributed by atoms with Gasteiger partial charge in [-0.3, -0.25) is 19.2 Å². The van der Waals surface area contributed by atoms with E-state index >= 15 is 0 Å². The number of carbonyl (C=O) groups excluding carboxylic acids is 3. The van der Waals surface area contributed by atoms with Gasteiger partial charge >= 0.3 is 5.97 Å². The maximum atomic E-state index is 12.8. The molecular formula is C20H28N4O6. The predicted octanol–water partition coefficient (Wildman–Crippen LogP) is -0.653. The van der Waals surface area contributed by atoms with Crippen molar-refractivity contribution in [2.75, 3.05) is 6.54 Å². The minimum absolute atomic E-state index is 0.109. The third kappa shape index (κ3) is 5.93. The summed E-state index contributed by atoms with van der Waals surface area (Å²) in [5.74, 6) is -2.52. The monoisotopic (exact) mass is 420 g/mol. The van der Waals surface area contributed by atoms with Crippen LogP contribution in [0.4, 0.5) is 0 Å². The first-order valence-corrected chi connectivity index (χ1v) is 9.77. The van der Waals surface area contributed by atoms with Crippen molar-refractivity contribution in [1.29, 1.82) is 0 Å². The Balaban J connectivity index is 1.93. The van der Waals surface area contributed by atoms with E-state index in [9.17, 15) is 24.3 Å². The van der Waals surface area contributed by atoms with Crippen LogP contribution in [0, 0.1) is 0 Å². The van der Waals surface area contributed by atoms with Crippen LogP contribution in [0.1, 0.15) is 32.3 Å². The van der Waals surface area contributed by atoms with Crippen molar-refractivity contribution in [2.45, 2.75) is 57.3 Å². The topological polar surface area (TPSA) is 162 Å². The molecule has 4 unspecified atom stereocenters. The number of benzene rings is 1. The van der Waals surface area contributed by atoms with Gasteiger partial charge in [0.1, 0.15) is 23.9 Å². The summed E-state index contributed by atoms with van der Waals surface area (Å²) in [4.78, 5) is 49.8. The van der Waals surface area contributed by atoms with Crippen molar-refractivity contribution in [3.05, 3.63) is 29.8 Å². The van der Waals surface area contributed by atoms with Crippen LogP contribution in [-0.2, 0) is 25.6 Å². The van der Waals surface area contributed by atoms with E-state index in [1.165, 1.54) is 30.9 Å². The van der Waals surface area contributed by atoms with Gasteiger partial charge < -0.3 is 31.5 Å². The summed E-state index contributed by atoms with van der Waals surface area (Å²) in [7, 11) is 0. The fourth-order valence-electron chi connectivity index (χ4n) is 3.28. The first-order valence-electron chi connectivity index (χ1n) is 9.77. The Morgan fingerprint density at radius 2 is 1.77 bits per heavy atom. The van der Waals surface area contributed by atoms with Crippen LogP contribution in [0.5, 0.6) is 5.75 Å². The second-order valence-electron chi connectivity index (χ2n) is 7.47. The number of nitrogens with two attached hydrogens (primary N) is 1. The number of aliphatic carboxylic acids is 1. The number of carboxylic acid groups (broad SMARTS) is 1. The first kappa shape index (κ1) is 23.1. The maximum Gasteiger partial charge on any atom is 0.325 e. The number of aromatic hydroxyl groups is 1. The van der Waals surface area contributed by atoms with Gasteiger partial charge in [0.15, 0.2) is 0 Å². The Bertz CT molecular complexity index is 797. The van der Waals surface area contributed by atoms with Gasteiger partial charge in [-0.2, -0.15) is 0 Å². The second kappa shape index (κ2) is 10.1. The molecular weight excluding hydrogens is 392 g/mol. The molecule has 1 fully saturated rings. The van der Waals surface area contributed by atoms with E-state index in [4.69, 9.17) is 10.8 Å². The number of rotatable bonds is 8. The summed E-state index contributed by atoms with van der Waals surface area (Å²) in [5.41, 5.74) is 6.69. The van der Waals surface area contributed by atoms with Crippen LogP contribution in [0.25, 0.3) is 0 Å². The lowest BCUT2D eigenvalue weighted by Gasteiger charge is -2.28. The molecule has 0 bridgehead atoms. The highest BCUT2D eigenvalue weighted by Crippen LogP contribution is 2.19. The molecule has 10 heteroatoms. The normalized spacial score (nSPS) is 18.9. The molecule has 0 radical (unpaired) electrons. The molecule has 0 aliphatic carbocycles. The molecule has 30 heavy (non-hydrogen) atoms. The molecule has 1 aliphatic heterocycles. The molecule has 3 amide bonds. The number of carboxylic acids is 1. The number of nitrogens with zero attached hydrogens (tertiary/aromatic N) is 1. The summed E-state index contributed by atoms with van der Waals surface area (Å²) in [6.07, 6.45) is 1.26. The van der Waals surface area contributed by atoms with Crippen LogP contribution in [0.3, 0.4) is 0 Å². The largest absolute Gasteiger partial charge is 0.508 e. The molecule has 4 atom stereocenters. The van der Waals surface area contributed by atoms with E-state index < -0.39 is 47.9 Å². The molecule has 1 heterocycles. The average Bonchev–Trinajstić information content (AvgIpc) is 3.18. The fourth-order valence-corrected chi connectivity index (χ4v) is 3.28. The van der Waals surface area contributed by atoms with Gasteiger partial charge in [-0.1, -0.05) is 12.1 Å². The Kier molecular flexibility index (Phi) is 7.76. The lowest BCUT2D eigenvalue weighted by atomic mass is 10.1. The standard InChI is InChI=1S/C20H28N4O6/c1-11(22-17(26)15(21)10-13-5-7-14(25)8-6-13)19(28)24-9-3-4-16(24)18(27)23-12(2)20(29)30/h5-8,11-12,15-16,25H,3-4,9-10,21H2,1-2H3,(H,22,26)(H,23,27)(H,29,30). The molecule has 10 nitrogen and oxygen atoms in total. The van der Waals surface area contributed by atoms with E-state index in [0.717, 1.165) is 5.56 Å². The van der Waals surface area contributed by atoms with E-state index in [2.05, 4.69) is 10.6 Å². The van der Waals surface area contributed by atoms with Gasteiger partial charge in [0.25, 0.3) is 0 Å². The molecule has 2 rings (SSSR count). The van der Waals surface area contributed by atoms with Gasteiger partial charge in [0.05, 0.1) is 6.04 Å². The number of amides is 3. The van der Waals surface area contributed by atoms with Crippen LogP contribution in [0.15, 0.2) is 24.3 Å². The lowest BCUT2D eigenvalue weighted by Crippen LogP contribution is -2.55. The third-order valence-corrected chi connectivity index (χ3v) is 5.03.